The van der Waals surface area contributed by atoms with Gasteiger partial charge < -0.3 is 0 Å². The molecule has 3 heteroatoms. The van der Waals surface area contributed by atoms with Crippen LogP contribution in [0.2, 0.25) is 0 Å². The minimum atomic E-state index is 0.466. The van der Waals surface area contributed by atoms with Crippen molar-refractivity contribution in [2.24, 2.45) is 0 Å². The van der Waals surface area contributed by atoms with Crippen molar-refractivity contribution in [3.05, 3.63) is 12.7 Å². The molecule has 0 aliphatic rings. The molecule has 1 aromatic heterocycles. The zero-order valence-corrected chi connectivity index (χ0v) is 6.78. The van der Waals surface area contributed by atoms with Gasteiger partial charge in [0.05, 0.1) is 6.54 Å². The fraction of sp³-hybridized carbons (Fsp3) is 0.714. The van der Waals surface area contributed by atoms with E-state index >= 15 is 0 Å². The summed E-state index contributed by atoms with van der Waals surface area (Å²) in [5.41, 5.74) is 0. The van der Waals surface area contributed by atoms with E-state index in [-0.39, 0.29) is 0 Å². The first kappa shape index (κ1) is 7.25. The summed E-state index contributed by atoms with van der Waals surface area (Å²) >= 11 is 0. The van der Waals surface area contributed by atoms with Crippen LogP contribution in [-0.2, 0) is 6.54 Å². The van der Waals surface area contributed by atoms with Crippen molar-refractivity contribution in [3.8, 4) is 0 Å². The molecule has 0 saturated carbocycles. The molecular formula is C7H14N3+. The lowest BCUT2D eigenvalue weighted by molar-refractivity contribution is -0.694. The minimum Gasteiger partial charge on any atom is -0.237 e. The van der Waals surface area contributed by atoms with Gasteiger partial charge in [-0.3, -0.25) is 0 Å². The molecule has 0 saturated heterocycles. The lowest BCUT2D eigenvalue weighted by Gasteiger charge is -1.92. The molecule has 0 amide bonds. The van der Waals surface area contributed by atoms with Crippen LogP contribution < -0.4 is 4.57 Å². The van der Waals surface area contributed by atoms with E-state index in [2.05, 4.69) is 30.4 Å². The van der Waals surface area contributed by atoms with Crippen LogP contribution in [-0.4, -0.2) is 9.78 Å². The molecule has 1 rings (SSSR count). The van der Waals surface area contributed by atoms with Gasteiger partial charge in [0.25, 0.3) is 6.33 Å². The highest BCUT2D eigenvalue weighted by Gasteiger charge is 2.06. The van der Waals surface area contributed by atoms with E-state index in [1.165, 1.54) is 0 Å². The first-order valence-corrected chi connectivity index (χ1v) is 3.67. The van der Waals surface area contributed by atoms with Gasteiger partial charge in [-0.05, 0) is 20.8 Å². The maximum Gasteiger partial charge on any atom is 0.265 e. The summed E-state index contributed by atoms with van der Waals surface area (Å²) in [5.74, 6) is 0. The maximum absolute atomic E-state index is 4.17. The van der Waals surface area contributed by atoms with Gasteiger partial charge in [-0.25, -0.2) is 4.57 Å². The standard InChI is InChI=1S/C7H14N3/c1-4-9-5-8-10(6-9)7(2)3/h5-7H,4H2,1-3H3/q+1. The predicted octanol–water partition coefficient (Wildman–Crippen LogP) is 0.771. The quantitative estimate of drug-likeness (QED) is 0.556. The molecule has 56 valence electrons. The molecule has 0 unspecified atom stereocenters. The summed E-state index contributed by atoms with van der Waals surface area (Å²) in [7, 11) is 0. The monoisotopic (exact) mass is 140 g/mol. The van der Waals surface area contributed by atoms with Crippen molar-refractivity contribution in [1.29, 1.82) is 0 Å². The molecule has 0 atom stereocenters. The molecule has 0 spiro atoms. The second kappa shape index (κ2) is 2.82. The van der Waals surface area contributed by atoms with Crippen LogP contribution in [0.4, 0.5) is 0 Å². The summed E-state index contributed by atoms with van der Waals surface area (Å²) < 4.78 is 4.00. The minimum absolute atomic E-state index is 0.466. The number of aryl methyl sites for hydroxylation is 1. The van der Waals surface area contributed by atoms with Crippen LogP contribution in [0.1, 0.15) is 26.8 Å². The third-order valence-corrected chi connectivity index (χ3v) is 1.49. The van der Waals surface area contributed by atoms with E-state index in [1.54, 1.807) is 0 Å². The van der Waals surface area contributed by atoms with Crippen LogP contribution in [0.15, 0.2) is 12.7 Å². The van der Waals surface area contributed by atoms with E-state index in [0.717, 1.165) is 6.54 Å². The van der Waals surface area contributed by atoms with E-state index < -0.39 is 0 Å². The SMILES string of the molecule is CC[n+]1cnn(C(C)C)c1. The van der Waals surface area contributed by atoms with Gasteiger partial charge >= 0.3 is 0 Å². The Morgan fingerprint density at radius 3 is 2.60 bits per heavy atom. The van der Waals surface area contributed by atoms with Crippen LogP contribution in [0.3, 0.4) is 0 Å². The molecule has 3 nitrogen and oxygen atoms in total. The Morgan fingerprint density at radius 2 is 2.30 bits per heavy atom. The number of hydrogen-bond acceptors (Lipinski definition) is 1. The molecule has 0 aliphatic heterocycles. The highest BCUT2D eigenvalue weighted by molar-refractivity contribution is 4.52. The fourth-order valence-electron chi connectivity index (χ4n) is 0.768. The number of nitrogens with zero attached hydrogens (tertiary/aromatic N) is 3. The summed E-state index contributed by atoms with van der Waals surface area (Å²) in [5, 5.41) is 4.17. The van der Waals surface area contributed by atoms with Crippen LogP contribution in [0.25, 0.3) is 0 Å². The molecule has 0 fully saturated rings. The van der Waals surface area contributed by atoms with Crippen molar-refractivity contribution >= 4 is 0 Å². The van der Waals surface area contributed by atoms with Crippen LogP contribution >= 0.6 is 0 Å². The van der Waals surface area contributed by atoms with Gasteiger partial charge in [0.1, 0.15) is 6.04 Å². The maximum atomic E-state index is 4.17. The summed E-state index contributed by atoms with van der Waals surface area (Å²) in [6.45, 7) is 7.33. The Bertz CT molecular complexity index is 202. The predicted molar refractivity (Wildman–Crippen MR) is 38.5 cm³/mol. The Labute approximate surface area is 61.3 Å². The zero-order chi connectivity index (χ0) is 7.56. The first-order valence-electron chi connectivity index (χ1n) is 3.67. The van der Waals surface area contributed by atoms with Crippen molar-refractivity contribution in [2.75, 3.05) is 0 Å². The third-order valence-electron chi connectivity index (χ3n) is 1.49. The third kappa shape index (κ3) is 1.35. The highest BCUT2D eigenvalue weighted by atomic mass is 15.4. The normalized spacial score (nSPS) is 10.8. The van der Waals surface area contributed by atoms with Gasteiger partial charge in [0, 0.05) is 5.10 Å². The zero-order valence-electron chi connectivity index (χ0n) is 6.78. The van der Waals surface area contributed by atoms with E-state index in [9.17, 15) is 0 Å². The Kier molecular flexibility index (Phi) is 2.04. The summed E-state index contributed by atoms with van der Waals surface area (Å²) in [4.78, 5) is 0. The van der Waals surface area contributed by atoms with Gasteiger partial charge in [-0.2, -0.15) is 0 Å². The second-order valence-electron chi connectivity index (χ2n) is 2.65. The largest absolute Gasteiger partial charge is 0.265 e. The summed E-state index contributed by atoms with van der Waals surface area (Å²) in [6.07, 6.45) is 3.87. The summed E-state index contributed by atoms with van der Waals surface area (Å²) in [6, 6.07) is 0.466. The Morgan fingerprint density at radius 1 is 1.60 bits per heavy atom. The number of rotatable bonds is 2. The van der Waals surface area contributed by atoms with Gasteiger partial charge in [-0.1, -0.05) is 0 Å². The Hall–Kier alpha value is -0.860. The number of aromatic nitrogens is 3. The molecule has 1 aromatic rings. The van der Waals surface area contributed by atoms with E-state index in [4.69, 9.17) is 0 Å². The lowest BCUT2D eigenvalue weighted by Crippen LogP contribution is -2.29. The average molecular weight is 140 g/mol. The molecule has 0 N–H and O–H groups in total. The van der Waals surface area contributed by atoms with E-state index in [1.807, 2.05) is 17.3 Å². The molecular weight excluding hydrogens is 126 g/mol. The van der Waals surface area contributed by atoms with Crippen molar-refractivity contribution in [3.63, 3.8) is 0 Å². The lowest BCUT2D eigenvalue weighted by atomic mass is 10.4. The molecule has 0 aromatic carbocycles. The average Bonchev–Trinajstić information content (AvgIpc) is 2.34. The van der Waals surface area contributed by atoms with Gasteiger partial charge in [0.15, 0.2) is 0 Å². The van der Waals surface area contributed by atoms with Crippen molar-refractivity contribution < 1.29 is 4.57 Å². The first-order chi connectivity index (χ1) is 4.74. The molecule has 0 bridgehead atoms. The smallest absolute Gasteiger partial charge is 0.237 e. The molecule has 10 heavy (non-hydrogen) atoms. The van der Waals surface area contributed by atoms with Crippen LogP contribution in [0, 0.1) is 0 Å². The Balaban J connectivity index is 2.78. The topological polar surface area (TPSA) is 21.7 Å². The van der Waals surface area contributed by atoms with Gasteiger partial charge in [-0.15, -0.1) is 4.68 Å². The van der Waals surface area contributed by atoms with Crippen LogP contribution in [0.5, 0.6) is 0 Å². The highest BCUT2D eigenvalue weighted by Crippen LogP contribution is 1.96. The molecule has 1 heterocycles. The van der Waals surface area contributed by atoms with E-state index in [0.29, 0.717) is 6.04 Å². The fourth-order valence-corrected chi connectivity index (χ4v) is 0.768. The molecule has 0 aliphatic carbocycles. The van der Waals surface area contributed by atoms with Crippen molar-refractivity contribution in [1.82, 2.24) is 9.78 Å². The second-order valence-corrected chi connectivity index (χ2v) is 2.65. The van der Waals surface area contributed by atoms with Crippen molar-refractivity contribution in [2.45, 2.75) is 33.4 Å². The van der Waals surface area contributed by atoms with Gasteiger partial charge in [0.2, 0.25) is 6.33 Å². The number of hydrogen-bond donors (Lipinski definition) is 0. The molecule has 0 radical (unpaired) electrons.